The third kappa shape index (κ3) is 3.34. The van der Waals surface area contributed by atoms with Crippen molar-refractivity contribution in [2.45, 2.75) is 24.4 Å². The van der Waals surface area contributed by atoms with Crippen molar-refractivity contribution >= 4 is 10.0 Å². The number of sulfonamides is 1. The number of alkyl halides is 3. The van der Waals surface area contributed by atoms with Crippen LogP contribution in [0.4, 0.5) is 13.2 Å². The van der Waals surface area contributed by atoms with Crippen LogP contribution < -0.4 is 5.73 Å². The molecule has 1 aliphatic rings. The van der Waals surface area contributed by atoms with Crippen LogP contribution in [0.1, 0.15) is 24.5 Å². The van der Waals surface area contributed by atoms with Gasteiger partial charge in [-0.2, -0.15) is 22.7 Å². The lowest BCUT2D eigenvalue weighted by Crippen LogP contribution is -2.34. The van der Waals surface area contributed by atoms with Gasteiger partial charge in [0, 0.05) is 13.1 Å². The van der Waals surface area contributed by atoms with E-state index in [2.05, 4.69) is 0 Å². The summed E-state index contributed by atoms with van der Waals surface area (Å²) in [6.45, 7) is 2.49. The third-order valence-electron chi connectivity index (χ3n) is 4.07. The number of nitriles is 1. The van der Waals surface area contributed by atoms with Crippen LogP contribution in [0, 0.1) is 16.7 Å². The molecular weight excluding hydrogens is 331 g/mol. The van der Waals surface area contributed by atoms with E-state index < -0.39 is 32.2 Å². The van der Waals surface area contributed by atoms with Gasteiger partial charge in [0.25, 0.3) is 0 Å². The van der Waals surface area contributed by atoms with Crippen molar-refractivity contribution < 1.29 is 21.6 Å². The quantitative estimate of drug-likeness (QED) is 0.905. The van der Waals surface area contributed by atoms with Gasteiger partial charge in [-0.1, -0.05) is 6.92 Å². The molecule has 5 nitrogen and oxygen atoms in total. The zero-order chi connectivity index (χ0) is 17.5. The molecule has 2 rings (SSSR count). The first-order valence-electron chi connectivity index (χ1n) is 6.85. The van der Waals surface area contributed by atoms with E-state index in [4.69, 9.17) is 11.0 Å². The molecule has 1 aromatic carbocycles. The monoisotopic (exact) mass is 347 g/mol. The van der Waals surface area contributed by atoms with Crippen molar-refractivity contribution in [1.29, 1.82) is 5.26 Å². The van der Waals surface area contributed by atoms with E-state index in [1.807, 2.05) is 6.92 Å². The summed E-state index contributed by atoms with van der Waals surface area (Å²) in [7, 11) is -4.06. The molecule has 1 atom stereocenters. The maximum Gasteiger partial charge on any atom is 0.417 e. The molecule has 0 bridgehead atoms. The van der Waals surface area contributed by atoms with Gasteiger partial charge in [-0.25, -0.2) is 8.42 Å². The van der Waals surface area contributed by atoms with Crippen LogP contribution in [0.15, 0.2) is 23.1 Å². The lowest BCUT2D eigenvalue weighted by molar-refractivity contribution is -0.137. The van der Waals surface area contributed by atoms with Gasteiger partial charge < -0.3 is 5.73 Å². The van der Waals surface area contributed by atoms with Gasteiger partial charge in [0.2, 0.25) is 10.0 Å². The SMILES string of the molecule is CC1(CN)CCN(S(=O)(=O)c2ccc(C#N)c(C(F)(F)F)c2)C1. The van der Waals surface area contributed by atoms with Crippen molar-refractivity contribution in [3.05, 3.63) is 29.3 Å². The summed E-state index contributed by atoms with van der Waals surface area (Å²) < 4.78 is 65.2. The highest BCUT2D eigenvalue weighted by molar-refractivity contribution is 7.89. The normalized spacial score (nSPS) is 23.0. The van der Waals surface area contributed by atoms with E-state index in [1.54, 1.807) is 0 Å². The van der Waals surface area contributed by atoms with Gasteiger partial charge in [0.15, 0.2) is 0 Å². The Morgan fingerprint density at radius 1 is 1.43 bits per heavy atom. The van der Waals surface area contributed by atoms with Crippen LogP contribution in [-0.4, -0.2) is 32.4 Å². The van der Waals surface area contributed by atoms with Crippen LogP contribution in [0.3, 0.4) is 0 Å². The Morgan fingerprint density at radius 3 is 2.57 bits per heavy atom. The zero-order valence-corrected chi connectivity index (χ0v) is 13.2. The molecule has 1 aliphatic heterocycles. The molecule has 1 aromatic rings. The van der Waals surface area contributed by atoms with E-state index in [0.717, 1.165) is 16.4 Å². The van der Waals surface area contributed by atoms with E-state index >= 15 is 0 Å². The molecule has 1 heterocycles. The highest BCUT2D eigenvalue weighted by atomic mass is 32.2. The molecule has 0 saturated carbocycles. The molecule has 1 fully saturated rings. The first-order chi connectivity index (χ1) is 10.5. The van der Waals surface area contributed by atoms with Crippen LogP contribution >= 0.6 is 0 Å². The number of benzene rings is 1. The standard InChI is InChI=1S/C14H16F3N3O2S/c1-13(8-19)4-5-20(9-13)23(21,22)11-3-2-10(7-18)12(6-11)14(15,16)17/h2-3,6H,4-5,8-9,19H2,1H3. The van der Waals surface area contributed by atoms with Gasteiger partial charge in [-0.05, 0) is 36.6 Å². The fourth-order valence-corrected chi connectivity index (χ4v) is 4.13. The van der Waals surface area contributed by atoms with Crippen molar-refractivity contribution in [1.82, 2.24) is 4.31 Å². The van der Waals surface area contributed by atoms with Gasteiger partial charge >= 0.3 is 6.18 Å². The summed E-state index contributed by atoms with van der Waals surface area (Å²) >= 11 is 0. The van der Waals surface area contributed by atoms with Crippen LogP contribution in [0.2, 0.25) is 0 Å². The lowest BCUT2D eigenvalue weighted by atomic mass is 9.90. The van der Waals surface area contributed by atoms with E-state index in [-0.39, 0.29) is 18.5 Å². The van der Waals surface area contributed by atoms with Crippen molar-refractivity contribution in [3.8, 4) is 6.07 Å². The molecule has 126 valence electrons. The van der Waals surface area contributed by atoms with Crippen LogP contribution in [0.5, 0.6) is 0 Å². The van der Waals surface area contributed by atoms with E-state index in [0.29, 0.717) is 19.0 Å². The van der Waals surface area contributed by atoms with Gasteiger partial charge in [-0.15, -0.1) is 0 Å². The minimum absolute atomic E-state index is 0.160. The molecule has 1 unspecified atom stereocenters. The molecule has 0 amide bonds. The number of halogens is 3. The Hall–Kier alpha value is -1.63. The van der Waals surface area contributed by atoms with Crippen LogP contribution in [-0.2, 0) is 16.2 Å². The van der Waals surface area contributed by atoms with Crippen molar-refractivity contribution in [2.24, 2.45) is 11.1 Å². The number of nitrogens with zero attached hydrogens (tertiary/aromatic N) is 2. The summed E-state index contributed by atoms with van der Waals surface area (Å²) in [5.74, 6) is 0. The maximum atomic E-state index is 13.0. The summed E-state index contributed by atoms with van der Waals surface area (Å²) in [6, 6.07) is 3.86. The fraction of sp³-hybridized carbons (Fsp3) is 0.500. The summed E-state index contributed by atoms with van der Waals surface area (Å²) in [4.78, 5) is -0.468. The molecule has 9 heteroatoms. The second-order valence-electron chi connectivity index (χ2n) is 5.92. The number of rotatable bonds is 3. The first kappa shape index (κ1) is 17.7. The Balaban J connectivity index is 2.44. The molecule has 0 spiro atoms. The van der Waals surface area contributed by atoms with Gasteiger partial charge in [0.05, 0.1) is 22.1 Å². The predicted octanol–water partition coefficient (Wildman–Crippen LogP) is 1.94. The Bertz CT molecular complexity index is 756. The minimum Gasteiger partial charge on any atom is -0.330 e. The van der Waals surface area contributed by atoms with Crippen molar-refractivity contribution in [3.63, 3.8) is 0 Å². The molecule has 0 aliphatic carbocycles. The molecule has 0 radical (unpaired) electrons. The molecule has 23 heavy (non-hydrogen) atoms. The zero-order valence-electron chi connectivity index (χ0n) is 12.4. The summed E-state index contributed by atoms with van der Waals surface area (Å²) in [6.07, 6.45) is -4.25. The number of hydrogen-bond donors (Lipinski definition) is 1. The molecule has 0 aromatic heterocycles. The number of nitrogens with two attached hydrogens (primary N) is 1. The topological polar surface area (TPSA) is 87.2 Å². The van der Waals surface area contributed by atoms with E-state index in [1.165, 1.54) is 6.07 Å². The third-order valence-corrected chi connectivity index (χ3v) is 5.91. The Kier molecular flexibility index (Phi) is 4.45. The second kappa shape index (κ2) is 5.78. The van der Waals surface area contributed by atoms with Crippen LogP contribution in [0.25, 0.3) is 0 Å². The minimum atomic E-state index is -4.80. The first-order valence-corrected chi connectivity index (χ1v) is 8.29. The predicted molar refractivity (Wildman–Crippen MR) is 76.7 cm³/mol. The summed E-state index contributed by atoms with van der Waals surface area (Å²) in [5, 5.41) is 8.76. The lowest BCUT2D eigenvalue weighted by Gasteiger charge is -2.22. The number of hydrogen-bond acceptors (Lipinski definition) is 4. The van der Waals surface area contributed by atoms with Gasteiger partial charge in [-0.3, -0.25) is 0 Å². The average Bonchev–Trinajstić information content (AvgIpc) is 2.89. The smallest absolute Gasteiger partial charge is 0.330 e. The maximum absolute atomic E-state index is 13.0. The van der Waals surface area contributed by atoms with E-state index in [9.17, 15) is 21.6 Å². The Morgan fingerprint density at radius 2 is 2.09 bits per heavy atom. The highest BCUT2D eigenvalue weighted by Gasteiger charge is 2.40. The highest BCUT2D eigenvalue weighted by Crippen LogP contribution is 2.36. The average molecular weight is 347 g/mol. The molecular formula is C14H16F3N3O2S. The fourth-order valence-electron chi connectivity index (χ4n) is 2.52. The largest absolute Gasteiger partial charge is 0.417 e. The molecule has 2 N–H and O–H groups in total. The second-order valence-corrected chi connectivity index (χ2v) is 7.86. The van der Waals surface area contributed by atoms with Crippen molar-refractivity contribution in [2.75, 3.05) is 19.6 Å². The Labute approximate surface area is 132 Å². The van der Waals surface area contributed by atoms with Gasteiger partial charge in [0.1, 0.15) is 0 Å². The summed E-state index contributed by atoms with van der Waals surface area (Å²) in [5.41, 5.74) is 3.39. The molecule has 1 saturated heterocycles.